The molecule has 2 rings (SSSR count). The number of nitrogens with zero attached hydrogens (tertiary/aromatic N) is 2. The number of halogens is 3. The molecule has 0 heterocycles. The van der Waals surface area contributed by atoms with E-state index in [0.29, 0.717) is 32.7 Å². The molecule has 2 aromatic carbocycles. The van der Waals surface area contributed by atoms with Gasteiger partial charge in [0.25, 0.3) is 0 Å². The van der Waals surface area contributed by atoms with Gasteiger partial charge in [-0.25, -0.2) is 8.42 Å². The monoisotopic (exact) mass is 589 g/mol. The first-order chi connectivity index (χ1) is 17.4. The lowest BCUT2D eigenvalue weighted by atomic mass is 10.1. The standard InChI is InChI=1S/C26H34Cl3N3O4S/c1-5-18(3)30-26(34)24(6-2)31(17-21-22(28)12-8-13-23(21)29)25(33)14-9-15-32(37(4,35)36)20-11-7-10-19(27)16-20/h7-8,10-13,16,18,24H,5-6,9,14-15,17H2,1-4H3,(H,30,34)/t18-,24-/m1/s1. The van der Waals surface area contributed by atoms with Gasteiger partial charge in [0.15, 0.2) is 0 Å². The lowest BCUT2D eigenvalue weighted by Crippen LogP contribution is -2.50. The van der Waals surface area contributed by atoms with Gasteiger partial charge in [-0.1, -0.05) is 60.8 Å². The van der Waals surface area contributed by atoms with Crippen LogP contribution in [0.15, 0.2) is 42.5 Å². The first-order valence-electron chi connectivity index (χ1n) is 12.1. The second kappa shape index (κ2) is 14.2. The molecular formula is C26H34Cl3N3O4S. The van der Waals surface area contributed by atoms with E-state index in [2.05, 4.69) is 5.32 Å². The molecule has 11 heteroatoms. The molecule has 0 radical (unpaired) electrons. The lowest BCUT2D eigenvalue weighted by Gasteiger charge is -2.32. The number of rotatable bonds is 13. The molecule has 0 aliphatic carbocycles. The zero-order chi connectivity index (χ0) is 27.8. The number of hydrogen-bond acceptors (Lipinski definition) is 4. The molecule has 0 aromatic heterocycles. The first kappa shape index (κ1) is 31.2. The Morgan fingerprint density at radius 2 is 1.62 bits per heavy atom. The summed E-state index contributed by atoms with van der Waals surface area (Å²) in [5.74, 6) is -0.563. The SMILES string of the molecule is CC[C@@H](C)NC(=O)[C@@H](CC)N(Cc1c(Cl)cccc1Cl)C(=O)CCCN(c1cccc(Cl)c1)S(C)(=O)=O. The van der Waals surface area contributed by atoms with E-state index in [1.807, 2.05) is 20.8 Å². The summed E-state index contributed by atoms with van der Waals surface area (Å²) in [5.41, 5.74) is 0.965. The number of benzene rings is 2. The van der Waals surface area contributed by atoms with Gasteiger partial charge in [-0.3, -0.25) is 13.9 Å². The van der Waals surface area contributed by atoms with Gasteiger partial charge in [-0.2, -0.15) is 0 Å². The fourth-order valence-electron chi connectivity index (χ4n) is 3.85. The van der Waals surface area contributed by atoms with Crippen LogP contribution in [0.4, 0.5) is 5.69 Å². The zero-order valence-electron chi connectivity index (χ0n) is 21.5. The van der Waals surface area contributed by atoms with Crippen molar-refractivity contribution in [1.29, 1.82) is 0 Å². The Balaban J connectivity index is 2.28. The van der Waals surface area contributed by atoms with Gasteiger partial charge in [-0.05, 0) is 56.5 Å². The quantitative estimate of drug-likeness (QED) is 0.314. The van der Waals surface area contributed by atoms with Crippen molar-refractivity contribution in [2.75, 3.05) is 17.1 Å². The highest BCUT2D eigenvalue weighted by atomic mass is 35.5. The molecule has 1 N–H and O–H groups in total. The van der Waals surface area contributed by atoms with E-state index in [9.17, 15) is 18.0 Å². The average molecular weight is 591 g/mol. The molecule has 7 nitrogen and oxygen atoms in total. The highest BCUT2D eigenvalue weighted by Gasteiger charge is 2.30. The summed E-state index contributed by atoms with van der Waals surface area (Å²) in [6.07, 6.45) is 2.48. The van der Waals surface area contributed by atoms with Crippen LogP contribution >= 0.6 is 34.8 Å². The highest BCUT2D eigenvalue weighted by Crippen LogP contribution is 2.28. The third kappa shape index (κ3) is 9.06. The number of sulfonamides is 1. The van der Waals surface area contributed by atoms with Crippen molar-refractivity contribution in [1.82, 2.24) is 10.2 Å². The molecule has 0 aliphatic rings. The van der Waals surface area contributed by atoms with Crippen molar-refractivity contribution in [3.63, 3.8) is 0 Å². The Hall–Kier alpha value is -2.00. The van der Waals surface area contributed by atoms with Crippen molar-refractivity contribution in [3.8, 4) is 0 Å². The highest BCUT2D eigenvalue weighted by molar-refractivity contribution is 7.92. The van der Waals surface area contributed by atoms with Crippen LogP contribution in [-0.2, 0) is 26.2 Å². The molecule has 0 spiro atoms. The second-order valence-electron chi connectivity index (χ2n) is 8.88. The Morgan fingerprint density at radius 1 is 1.00 bits per heavy atom. The van der Waals surface area contributed by atoms with Crippen molar-refractivity contribution in [3.05, 3.63) is 63.1 Å². The lowest BCUT2D eigenvalue weighted by molar-refractivity contribution is -0.141. The van der Waals surface area contributed by atoms with Crippen LogP contribution in [0.3, 0.4) is 0 Å². The minimum Gasteiger partial charge on any atom is -0.352 e. The molecule has 0 unspecified atom stereocenters. The Bertz CT molecular complexity index is 1170. The summed E-state index contributed by atoms with van der Waals surface area (Å²) in [7, 11) is -3.61. The maximum absolute atomic E-state index is 13.5. The van der Waals surface area contributed by atoms with Gasteiger partial charge in [0.2, 0.25) is 21.8 Å². The van der Waals surface area contributed by atoms with Crippen molar-refractivity contribution >= 4 is 62.3 Å². The van der Waals surface area contributed by atoms with Gasteiger partial charge < -0.3 is 10.2 Å². The maximum atomic E-state index is 13.5. The van der Waals surface area contributed by atoms with E-state index in [4.69, 9.17) is 34.8 Å². The number of carbonyl (C=O) groups is 2. The van der Waals surface area contributed by atoms with Gasteiger partial charge in [0.1, 0.15) is 6.04 Å². The summed E-state index contributed by atoms with van der Waals surface area (Å²) in [6, 6.07) is 10.8. The summed E-state index contributed by atoms with van der Waals surface area (Å²) < 4.78 is 26.1. The summed E-state index contributed by atoms with van der Waals surface area (Å²) in [5, 5.41) is 4.15. The second-order valence-corrected chi connectivity index (χ2v) is 12.0. The molecule has 0 fully saturated rings. The van der Waals surface area contributed by atoms with Crippen LogP contribution < -0.4 is 9.62 Å². The Morgan fingerprint density at radius 3 is 2.16 bits per heavy atom. The fourth-order valence-corrected chi connectivity index (χ4v) is 5.51. The number of anilines is 1. The molecule has 0 aliphatic heterocycles. The van der Waals surface area contributed by atoms with E-state index < -0.39 is 16.1 Å². The van der Waals surface area contributed by atoms with Crippen molar-refractivity contribution in [2.24, 2.45) is 0 Å². The molecule has 0 saturated carbocycles. The third-order valence-corrected chi connectivity index (χ3v) is 8.16. The smallest absolute Gasteiger partial charge is 0.243 e. The third-order valence-electron chi connectivity index (χ3n) is 6.03. The van der Waals surface area contributed by atoms with Crippen LogP contribution in [0.2, 0.25) is 15.1 Å². The molecular weight excluding hydrogens is 557 g/mol. The maximum Gasteiger partial charge on any atom is 0.243 e. The largest absolute Gasteiger partial charge is 0.352 e. The van der Waals surface area contributed by atoms with E-state index in [0.717, 1.165) is 12.7 Å². The number of carbonyl (C=O) groups excluding carboxylic acids is 2. The molecule has 204 valence electrons. The Labute approximate surface area is 235 Å². The zero-order valence-corrected chi connectivity index (χ0v) is 24.6. The minimum atomic E-state index is -3.61. The molecule has 2 aromatic rings. The first-order valence-corrected chi connectivity index (χ1v) is 15.1. The predicted molar refractivity (Wildman–Crippen MR) is 152 cm³/mol. The topological polar surface area (TPSA) is 86.8 Å². The predicted octanol–water partition coefficient (Wildman–Crippen LogP) is 5.92. The van der Waals surface area contributed by atoms with Crippen molar-refractivity contribution in [2.45, 2.75) is 65.1 Å². The van der Waals surface area contributed by atoms with E-state index in [-0.39, 0.29) is 43.8 Å². The normalized spacial score (nSPS) is 13.1. The molecule has 2 amide bonds. The van der Waals surface area contributed by atoms with Crippen molar-refractivity contribution < 1.29 is 18.0 Å². The minimum absolute atomic E-state index is 0.0156. The van der Waals surface area contributed by atoms with Crippen LogP contribution in [0.25, 0.3) is 0 Å². The molecule has 0 bridgehead atoms. The molecule has 0 saturated heterocycles. The molecule has 37 heavy (non-hydrogen) atoms. The summed E-state index contributed by atoms with van der Waals surface area (Å²) >= 11 is 18.8. The summed E-state index contributed by atoms with van der Waals surface area (Å²) in [6.45, 7) is 5.82. The number of hydrogen-bond donors (Lipinski definition) is 1. The summed E-state index contributed by atoms with van der Waals surface area (Å²) in [4.78, 5) is 28.1. The number of amides is 2. The number of nitrogens with one attached hydrogen (secondary N) is 1. The average Bonchev–Trinajstić information content (AvgIpc) is 2.82. The Kier molecular flexibility index (Phi) is 12.0. The van der Waals surface area contributed by atoms with E-state index >= 15 is 0 Å². The van der Waals surface area contributed by atoms with Gasteiger partial charge >= 0.3 is 0 Å². The fraction of sp³-hybridized carbons (Fsp3) is 0.462. The van der Waals surface area contributed by atoms with Crippen LogP contribution in [0.1, 0.15) is 52.0 Å². The van der Waals surface area contributed by atoms with Crippen LogP contribution in [-0.4, -0.2) is 50.0 Å². The van der Waals surface area contributed by atoms with E-state index in [1.165, 1.54) is 9.21 Å². The van der Waals surface area contributed by atoms with Crippen LogP contribution in [0, 0.1) is 0 Å². The van der Waals surface area contributed by atoms with Gasteiger partial charge in [0, 0.05) is 46.2 Å². The van der Waals surface area contributed by atoms with Gasteiger partial charge in [0.05, 0.1) is 11.9 Å². The van der Waals surface area contributed by atoms with E-state index in [1.54, 1.807) is 42.5 Å². The van der Waals surface area contributed by atoms with Crippen LogP contribution in [0.5, 0.6) is 0 Å². The van der Waals surface area contributed by atoms with Gasteiger partial charge in [-0.15, -0.1) is 0 Å². The molecule has 2 atom stereocenters.